The lowest BCUT2D eigenvalue weighted by Crippen LogP contribution is -2.37. The largest absolute Gasteiger partial charge is 0.307 e. The zero-order valence-electron chi connectivity index (χ0n) is 13.3. The van der Waals surface area contributed by atoms with Crippen LogP contribution < -0.4 is 5.32 Å². The molecule has 1 nitrogen and oxygen atoms in total. The van der Waals surface area contributed by atoms with Crippen molar-refractivity contribution in [3.8, 4) is 0 Å². The second kappa shape index (κ2) is 5.68. The number of hydrogen-bond donors (Lipinski definition) is 1. The van der Waals surface area contributed by atoms with E-state index in [0.717, 1.165) is 0 Å². The molecular weight excluding hydrogens is 278 g/mol. The van der Waals surface area contributed by atoms with Crippen molar-refractivity contribution in [2.24, 2.45) is 0 Å². The van der Waals surface area contributed by atoms with Gasteiger partial charge in [-0.2, -0.15) is 0 Å². The molecular formula is C22H21N. The third-order valence-electron chi connectivity index (χ3n) is 4.99. The maximum atomic E-state index is 3.67. The number of benzene rings is 3. The lowest BCUT2D eigenvalue weighted by Gasteiger charge is -2.36. The van der Waals surface area contributed by atoms with Crippen molar-refractivity contribution in [1.29, 1.82) is 0 Å². The van der Waals surface area contributed by atoms with Gasteiger partial charge in [-0.3, -0.25) is 0 Å². The monoisotopic (exact) mass is 299 g/mol. The summed E-state index contributed by atoms with van der Waals surface area (Å²) >= 11 is 0. The van der Waals surface area contributed by atoms with Crippen LogP contribution in [-0.2, 0) is 5.41 Å². The Bertz CT molecular complexity index is 668. The highest BCUT2D eigenvalue weighted by atomic mass is 15.2. The fourth-order valence-electron chi connectivity index (χ4n) is 3.87. The van der Waals surface area contributed by atoms with E-state index in [-0.39, 0.29) is 5.41 Å². The molecule has 2 unspecified atom stereocenters. The first kappa shape index (κ1) is 14.2. The molecule has 2 atom stereocenters. The van der Waals surface area contributed by atoms with Crippen molar-refractivity contribution in [3.05, 3.63) is 108 Å². The number of hydrogen-bond acceptors (Lipinski definition) is 1. The maximum Gasteiger partial charge on any atom is 0.0619 e. The van der Waals surface area contributed by atoms with Gasteiger partial charge in [-0.05, 0) is 23.6 Å². The van der Waals surface area contributed by atoms with Crippen LogP contribution in [0.1, 0.15) is 23.6 Å². The molecule has 1 heterocycles. The van der Waals surface area contributed by atoms with Crippen LogP contribution >= 0.6 is 0 Å². The number of nitrogens with one attached hydrogen (secondary N) is 1. The standard InChI is InChI=1S/C22H21N/c1-17-21(23-17)22(18-11-5-2-6-12-18,19-13-7-3-8-14-19)20-15-9-4-10-16-20/h2-17,21,23H,1H3. The molecule has 3 aromatic rings. The van der Waals surface area contributed by atoms with Gasteiger partial charge in [0.15, 0.2) is 0 Å². The molecule has 1 saturated heterocycles. The summed E-state index contributed by atoms with van der Waals surface area (Å²) in [6, 6.07) is 33.6. The van der Waals surface area contributed by atoms with Crippen LogP contribution in [0.25, 0.3) is 0 Å². The number of rotatable bonds is 4. The van der Waals surface area contributed by atoms with E-state index >= 15 is 0 Å². The highest BCUT2D eigenvalue weighted by Crippen LogP contribution is 2.46. The maximum absolute atomic E-state index is 3.67. The van der Waals surface area contributed by atoms with Crippen LogP contribution in [0.15, 0.2) is 91.0 Å². The van der Waals surface area contributed by atoms with Gasteiger partial charge in [0.1, 0.15) is 0 Å². The second-order valence-electron chi connectivity index (χ2n) is 6.34. The van der Waals surface area contributed by atoms with Crippen LogP contribution in [0.2, 0.25) is 0 Å². The molecule has 1 N–H and O–H groups in total. The highest BCUT2D eigenvalue weighted by Gasteiger charge is 2.53. The van der Waals surface area contributed by atoms with E-state index in [1.54, 1.807) is 0 Å². The summed E-state index contributed by atoms with van der Waals surface area (Å²) in [6.07, 6.45) is 0. The van der Waals surface area contributed by atoms with Gasteiger partial charge >= 0.3 is 0 Å². The van der Waals surface area contributed by atoms with E-state index < -0.39 is 0 Å². The first-order valence-corrected chi connectivity index (χ1v) is 8.26. The normalized spacial score (nSPS) is 20.2. The zero-order chi connectivity index (χ0) is 15.7. The molecule has 0 radical (unpaired) electrons. The molecule has 1 aliphatic rings. The summed E-state index contributed by atoms with van der Waals surface area (Å²) < 4.78 is 0. The molecule has 0 bridgehead atoms. The van der Waals surface area contributed by atoms with Gasteiger partial charge in [0.05, 0.1) is 5.41 Å². The summed E-state index contributed by atoms with van der Waals surface area (Å²) in [6.45, 7) is 2.27. The molecule has 3 aromatic carbocycles. The van der Waals surface area contributed by atoms with E-state index in [9.17, 15) is 0 Å². The summed E-state index contributed by atoms with van der Waals surface area (Å²) in [7, 11) is 0. The molecule has 0 aromatic heterocycles. The molecule has 0 amide bonds. The van der Waals surface area contributed by atoms with E-state index in [2.05, 4.69) is 103 Å². The van der Waals surface area contributed by atoms with Crippen LogP contribution in [0.4, 0.5) is 0 Å². The van der Waals surface area contributed by atoms with Crippen molar-refractivity contribution in [3.63, 3.8) is 0 Å². The van der Waals surface area contributed by atoms with Crippen molar-refractivity contribution in [1.82, 2.24) is 5.32 Å². The smallest absolute Gasteiger partial charge is 0.0619 e. The lowest BCUT2D eigenvalue weighted by molar-refractivity contribution is 0.590. The third kappa shape index (κ3) is 2.29. The zero-order valence-corrected chi connectivity index (χ0v) is 13.3. The molecule has 0 spiro atoms. The van der Waals surface area contributed by atoms with Crippen molar-refractivity contribution < 1.29 is 0 Å². The van der Waals surface area contributed by atoms with Crippen LogP contribution in [0.3, 0.4) is 0 Å². The van der Waals surface area contributed by atoms with Crippen LogP contribution in [-0.4, -0.2) is 12.1 Å². The molecule has 1 fully saturated rings. The van der Waals surface area contributed by atoms with Crippen molar-refractivity contribution >= 4 is 0 Å². The summed E-state index contributed by atoms with van der Waals surface area (Å²) in [5.74, 6) is 0. The third-order valence-corrected chi connectivity index (χ3v) is 4.99. The molecule has 4 rings (SSSR count). The Morgan fingerprint density at radius 2 is 0.913 bits per heavy atom. The average molecular weight is 299 g/mol. The van der Waals surface area contributed by atoms with Gasteiger partial charge in [-0.15, -0.1) is 0 Å². The molecule has 0 aliphatic carbocycles. The Kier molecular flexibility index (Phi) is 3.51. The van der Waals surface area contributed by atoms with Crippen molar-refractivity contribution in [2.45, 2.75) is 24.4 Å². The predicted molar refractivity (Wildman–Crippen MR) is 95.6 cm³/mol. The second-order valence-corrected chi connectivity index (χ2v) is 6.34. The minimum atomic E-state index is -0.150. The average Bonchev–Trinajstić information content (AvgIpc) is 3.35. The predicted octanol–water partition coefficient (Wildman–Crippen LogP) is 4.38. The molecule has 1 heteroatoms. The Balaban J connectivity index is 2.03. The van der Waals surface area contributed by atoms with E-state index in [4.69, 9.17) is 0 Å². The Morgan fingerprint density at radius 3 is 1.17 bits per heavy atom. The first-order chi connectivity index (χ1) is 11.3. The van der Waals surface area contributed by atoms with E-state index in [1.807, 2.05) is 0 Å². The van der Waals surface area contributed by atoms with Gasteiger partial charge in [-0.25, -0.2) is 0 Å². The van der Waals surface area contributed by atoms with Gasteiger partial charge < -0.3 is 5.32 Å². The minimum Gasteiger partial charge on any atom is -0.307 e. The first-order valence-electron chi connectivity index (χ1n) is 8.26. The topological polar surface area (TPSA) is 21.9 Å². The van der Waals surface area contributed by atoms with Gasteiger partial charge in [-0.1, -0.05) is 91.0 Å². The van der Waals surface area contributed by atoms with Gasteiger partial charge in [0.2, 0.25) is 0 Å². The summed E-state index contributed by atoms with van der Waals surface area (Å²) in [5.41, 5.74) is 3.89. The Morgan fingerprint density at radius 1 is 0.609 bits per heavy atom. The lowest BCUT2D eigenvalue weighted by atomic mass is 9.66. The molecule has 114 valence electrons. The Labute approximate surface area is 138 Å². The van der Waals surface area contributed by atoms with E-state index in [0.29, 0.717) is 12.1 Å². The molecule has 1 aliphatic heterocycles. The molecule has 23 heavy (non-hydrogen) atoms. The Hall–Kier alpha value is -2.38. The van der Waals surface area contributed by atoms with Crippen LogP contribution in [0, 0.1) is 0 Å². The van der Waals surface area contributed by atoms with E-state index in [1.165, 1.54) is 16.7 Å². The van der Waals surface area contributed by atoms with Gasteiger partial charge in [0, 0.05) is 12.1 Å². The summed E-state index contributed by atoms with van der Waals surface area (Å²) in [4.78, 5) is 0. The van der Waals surface area contributed by atoms with Crippen LogP contribution in [0.5, 0.6) is 0 Å². The fraction of sp³-hybridized carbons (Fsp3) is 0.182. The SMILES string of the molecule is CC1NC1C(c1ccccc1)(c1ccccc1)c1ccccc1. The fourth-order valence-corrected chi connectivity index (χ4v) is 3.87. The van der Waals surface area contributed by atoms with Gasteiger partial charge in [0.25, 0.3) is 0 Å². The molecule has 0 saturated carbocycles. The minimum absolute atomic E-state index is 0.150. The van der Waals surface area contributed by atoms with Crippen molar-refractivity contribution in [2.75, 3.05) is 0 Å². The summed E-state index contributed by atoms with van der Waals surface area (Å²) in [5, 5.41) is 3.67. The quantitative estimate of drug-likeness (QED) is 0.560. The highest BCUT2D eigenvalue weighted by molar-refractivity contribution is 5.54.